The number of rotatable bonds is 4. The van der Waals surface area contributed by atoms with Crippen molar-refractivity contribution in [1.29, 1.82) is 0 Å². The van der Waals surface area contributed by atoms with Crippen LogP contribution in [0.2, 0.25) is 0 Å². The lowest BCUT2D eigenvalue weighted by molar-refractivity contribution is -0.577. The minimum absolute atomic E-state index is 0.127. The maximum atomic E-state index is 14.5. The van der Waals surface area contributed by atoms with Crippen molar-refractivity contribution in [2.75, 3.05) is 30.4 Å². The lowest BCUT2D eigenvalue weighted by Crippen LogP contribution is -2.69. The zero-order chi connectivity index (χ0) is 24.6. The van der Waals surface area contributed by atoms with Gasteiger partial charge in [-0.2, -0.15) is 14.7 Å². The first kappa shape index (κ1) is 21.3. The number of ether oxygens (including phenoxy) is 1. The van der Waals surface area contributed by atoms with Crippen LogP contribution < -0.4 is 25.4 Å². The van der Waals surface area contributed by atoms with E-state index in [1.54, 1.807) is 37.5 Å². The minimum Gasteiger partial charge on any atom is -0.618 e. The van der Waals surface area contributed by atoms with Gasteiger partial charge in [0.25, 0.3) is 0 Å². The van der Waals surface area contributed by atoms with E-state index in [2.05, 4.69) is 15.2 Å². The van der Waals surface area contributed by atoms with Crippen LogP contribution >= 0.6 is 0 Å². The number of anilines is 2. The highest BCUT2D eigenvalue weighted by atomic mass is 19.1. The zero-order valence-electron chi connectivity index (χ0n) is 19.7. The Labute approximate surface area is 206 Å². The molecule has 1 saturated carbocycles. The molecule has 0 bridgehead atoms. The van der Waals surface area contributed by atoms with E-state index in [1.807, 2.05) is 0 Å². The third-order valence-corrected chi connectivity index (χ3v) is 7.89. The van der Waals surface area contributed by atoms with E-state index in [0.29, 0.717) is 23.2 Å². The fourth-order valence-corrected chi connectivity index (χ4v) is 5.77. The number of nitrogens with one attached hydrogen (secondary N) is 1. The Morgan fingerprint density at radius 3 is 2.89 bits per heavy atom. The van der Waals surface area contributed by atoms with Crippen molar-refractivity contribution in [2.24, 2.45) is 11.1 Å². The van der Waals surface area contributed by atoms with Crippen LogP contribution in [0.3, 0.4) is 0 Å². The van der Waals surface area contributed by atoms with E-state index in [1.165, 1.54) is 12.3 Å². The number of halogens is 1. The van der Waals surface area contributed by atoms with Crippen LogP contribution in [-0.2, 0) is 6.42 Å². The van der Waals surface area contributed by atoms with Crippen LogP contribution in [0.1, 0.15) is 24.1 Å². The molecule has 4 aromatic rings. The zero-order valence-corrected chi connectivity index (χ0v) is 19.7. The van der Waals surface area contributed by atoms with E-state index >= 15 is 0 Å². The Balaban J connectivity index is 1.31. The molecule has 3 N–H and O–H groups in total. The fraction of sp³-hybridized carbons (Fsp3) is 0.308. The van der Waals surface area contributed by atoms with E-state index in [9.17, 15) is 9.60 Å². The lowest BCUT2D eigenvalue weighted by atomic mass is 9.60. The maximum Gasteiger partial charge on any atom is 0.324 e. The topological polar surface area (TPSA) is 116 Å². The van der Waals surface area contributed by atoms with E-state index < -0.39 is 0 Å². The number of hydrogen-bond donors (Lipinski definition) is 2. The predicted octanol–water partition coefficient (Wildman–Crippen LogP) is 3.13. The molecule has 1 spiro atoms. The van der Waals surface area contributed by atoms with Crippen LogP contribution in [0.15, 0.2) is 42.7 Å². The van der Waals surface area contributed by atoms with Gasteiger partial charge < -0.3 is 25.9 Å². The van der Waals surface area contributed by atoms with Crippen LogP contribution in [0, 0.1) is 16.4 Å². The van der Waals surface area contributed by atoms with E-state index in [-0.39, 0.29) is 23.3 Å². The van der Waals surface area contributed by atoms with Gasteiger partial charge in [-0.05, 0) is 42.2 Å². The fourth-order valence-electron chi connectivity index (χ4n) is 5.77. The normalized spacial score (nSPS) is 19.0. The van der Waals surface area contributed by atoms with E-state index in [0.717, 1.165) is 64.6 Å². The molecular weight excluding hydrogens is 461 g/mol. The van der Waals surface area contributed by atoms with Crippen LogP contribution in [0.4, 0.5) is 15.9 Å². The molecule has 3 aromatic heterocycles. The second-order valence-electron chi connectivity index (χ2n) is 9.93. The number of nitrogens with two attached hydrogens (primary N) is 1. The molecule has 4 heterocycles. The molecule has 9 nitrogen and oxygen atoms in total. The van der Waals surface area contributed by atoms with Gasteiger partial charge in [-0.1, -0.05) is 0 Å². The molecule has 0 radical (unpaired) electrons. The Morgan fingerprint density at radius 1 is 1.28 bits per heavy atom. The summed E-state index contributed by atoms with van der Waals surface area (Å²) in [7, 11) is 1.78. The van der Waals surface area contributed by atoms with Crippen molar-refractivity contribution in [2.45, 2.75) is 25.3 Å². The standard InChI is InChI=1S/C26H24FN7O2/c1-29-19-8-14(27)7-17-16(19)10-20-23(17)24(33-12-26(13-33)5-4-22(26)28)32-25(31-20)36-15-9-21-18(30-11-15)3-2-6-34(21)35/h2-3,6-9,11,22,29H,4-5,10,12-13,28H2,1H3/t22-/m1/s1. The molecular formula is C26H24FN7O2. The Bertz CT molecular complexity index is 1550. The van der Waals surface area contributed by atoms with Gasteiger partial charge in [-0.25, -0.2) is 9.37 Å². The highest BCUT2D eigenvalue weighted by molar-refractivity contribution is 5.88. The van der Waals surface area contributed by atoms with Crippen molar-refractivity contribution in [1.82, 2.24) is 15.0 Å². The average Bonchev–Trinajstić information content (AvgIpc) is 3.20. The van der Waals surface area contributed by atoms with Gasteiger partial charge in [0.05, 0.1) is 18.0 Å². The van der Waals surface area contributed by atoms with Crippen molar-refractivity contribution < 1.29 is 13.9 Å². The Morgan fingerprint density at radius 2 is 2.14 bits per heavy atom. The minimum atomic E-state index is -0.313. The summed E-state index contributed by atoms with van der Waals surface area (Å²) in [6.45, 7) is 1.60. The quantitative estimate of drug-likeness (QED) is 0.295. The van der Waals surface area contributed by atoms with Gasteiger partial charge in [-0.3, -0.25) is 0 Å². The third-order valence-electron chi connectivity index (χ3n) is 7.89. The van der Waals surface area contributed by atoms with Gasteiger partial charge in [0, 0.05) is 55.3 Å². The number of hydrogen-bond acceptors (Lipinski definition) is 8. The van der Waals surface area contributed by atoms with Gasteiger partial charge in [0.15, 0.2) is 11.9 Å². The monoisotopic (exact) mass is 485 g/mol. The molecule has 182 valence electrons. The average molecular weight is 486 g/mol. The first-order valence-corrected chi connectivity index (χ1v) is 12.0. The molecule has 3 aliphatic rings. The van der Waals surface area contributed by atoms with Crippen molar-refractivity contribution in [3.05, 3.63) is 65.0 Å². The maximum absolute atomic E-state index is 14.5. The summed E-state index contributed by atoms with van der Waals surface area (Å²) in [5.74, 6) is 0.771. The van der Waals surface area contributed by atoms with Gasteiger partial charge in [0.1, 0.15) is 17.2 Å². The molecule has 1 atom stereocenters. The second kappa shape index (κ2) is 7.47. The van der Waals surface area contributed by atoms with Crippen molar-refractivity contribution in [3.8, 4) is 22.9 Å². The van der Waals surface area contributed by atoms with Gasteiger partial charge in [-0.15, -0.1) is 0 Å². The van der Waals surface area contributed by atoms with Crippen LogP contribution in [0.5, 0.6) is 11.8 Å². The molecule has 0 unspecified atom stereocenters. The number of fused-ring (bicyclic) bond motifs is 4. The van der Waals surface area contributed by atoms with E-state index in [4.69, 9.17) is 20.4 Å². The SMILES string of the molecule is CNc1cc(F)cc2c1Cc1nc(Oc3cnc4ccc[n+]([O-])c4c3)nc(N3CC4(CC[C@H]4N)C3)c1-2. The van der Waals surface area contributed by atoms with Crippen LogP contribution in [0.25, 0.3) is 22.2 Å². The molecule has 1 aliphatic heterocycles. The number of pyridine rings is 2. The smallest absolute Gasteiger partial charge is 0.324 e. The van der Waals surface area contributed by atoms with Gasteiger partial charge in [0.2, 0.25) is 5.52 Å². The summed E-state index contributed by atoms with van der Waals surface area (Å²) in [6.07, 6.45) is 5.64. The molecule has 7 rings (SSSR count). The molecule has 2 aliphatic carbocycles. The number of benzene rings is 1. The molecule has 1 aromatic carbocycles. The predicted molar refractivity (Wildman–Crippen MR) is 132 cm³/mol. The van der Waals surface area contributed by atoms with Crippen molar-refractivity contribution >= 4 is 22.5 Å². The Hall–Kier alpha value is -4.05. The van der Waals surface area contributed by atoms with Gasteiger partial charge >= 0.3 is 6.01 Å². The highest BCUT2D eigenvalue weighted by Gasteiger charge is 2.54. The summed E-state index contributed by atoms with van der Waals surface area (Å²) in [4.78, 5) is 16.0. The molecule has 0 amide bonds. The first-order valence-electron chi connectivity index (χ1n) is 12.0. The highest BCUT2D eigenvalue weighted by Crippen LogP contribution is 2.52. The molecule has 1 saturated heterocycles. The number of aromatic nitrogens is 4. The molecule has 36 heavy (non-hydrogen) atoms. The third kappa shape index (κ3) is 3.03. The summed E-state index contributed by atoms with van der Waals surface area (Å²) in [5, 5.41) is 15.3. The number of nitrogens with zero attached hydrogens (tertiary/aromatic N) is 5. The molecule has 2 fully saturated rings. The largest absolute Gasteiger partial charge is 0.618 e. The first-order chi connectivity index (χ1) is 17.4. The van der Waals surface area contributed by atoms with Crippen molar-refractivity contribution in [3.63, 3.8) is 0 Å². The summed E-state index contributed by atoms with van der Waals surface area (Å²) >= 11 is 0. The second-order valence-corrected chi connectivity index (χ2v) is 9.93. The lowest BCUT2D eigenvalue weighted by Gasteiger charge is -2.60. The summed E-state index contributed by atoms with van der Waals surface area (Å²) in [5.41, 5.74) is 11.5. The summed E-state index contributed by atoms with van der Waals surface area (Å²) in [6, 6.07) is 8.45. The van der Waals surface area contributed by atoms with Crippen LogP contribution in [-0.4, -0.2) is 41.1 Å². The molecule has 10 heteroatoms. The Kier molecular flexibility index (Phi) is 4.41. The summed E-state index contributed by atoms with van der Waals surface area (Å²) < 4.78 is 21.3.